The highest BCUT2D eigenvalue weighted by Gasteiger charge is 2.06. The van der Waals surface area contributed by atoms with Gasteiger partial charge in [-0.15, -0.1) is 0 Å². The lowest BCUT2D eigenvalue weighted by atomic mass is 10.1. The highest BCUT2D eigenvalue weighted by atomic mass is 16.5. The Balaban J connectivity index is 1.83. The first-order valence-electron chi connectivity index (χ1n) is 8.49. The molecule has 2 rings (SSSR count). The Labute approximate surface area is 154 Å². The van der Waals surface area contributed by atoms with Crippen LogP contribution in [0.1, 0.15) is 28.4 Å². The van der Waals surface area contributed by atoms with Crippen LogP contribution in [0, 0.1) is 0 Å². The fraction of sp³-hybridized carbons (Fsp3) is 0.300. The van der Waals surface area contributed by atoms with E-state index in [4.69, 9.17) is 9.47 Å². The van der Waals surface area contributed by atoms with Gasteiger partial charge in [0.05, 0.1) is 19.3 Å². The van der Waals surface area contributed by atoms with E-state index in [1.165, 1.54) is 0 Å². The van der Waals surface area contributed by atoms with Gasteiger partial charge in [0.1, 0.15) is 5.75 Å². The second-order valence-electron chi connectivity index (χ2n) is 5.54. The van der Waals surface area contributed by atoms with E-state index in [1.54, 1.807) is 33.2 Å². The van der Waals surface area contributed by atoms with Crippen molar-refractivity contribution in [3.05, 3.63) is 65.2 Å². The lowest BCUT2D eigenvalue weighted by Crippen LogP contribution is -2.36. The Morgan fingerprint density at radius 3 is 1.96 bits per heavy atom. The summed E-state index contributed by atoms with van der Waals surface area (Å²) in [6.45, 7) is 3.43. The van der Waals surface area contributed by atoms with Crippen molar-refractivity contribution in [2.24, 2.45) is 4.99 Å². The quantitative estimate of drug-likeness (QED) is 0.454. The topological polar surface area (TPSA) is 72.0 Å². The number of methoxy groups -OCH3 is 1. The molecule has 26 heavy (non-hydrogen) atoms. The average Bonchev–Trinajstić information content (AvgIpc) is 2.69. The molecule has 0 unspecified atom stereocenters. The fourth-order valence-electron chi connectivity index (χ4n) is 2.31. The normalized spacial score (nSPS) is 11.0. The van der Waals surface area contributed by atoms with Crippen LogP contribution in [0.3, 0.4) is 0 Å². The summed E-state index contributed by atoms with van der Waals surface area (Å²) in [5, 5.41) is 6.51. The van der Waals surface area contributed by atoms with Crippen molar-refractivity contribution in [3.63, 3.8) is 0 Å². The van der Waals surface area contributed by atoms with Gasteiger partial charge in [-0.25, -0.2) is 4.79 Å². The zero-order chi connectivity index (χ0) is 18.8. The van der Waals surface area contributed by atoms with Crippen molar-refractivity contribution < 1.29 is 14.3 Å². The molecule has 0 radical (unpaired) electrons. The number of hydrogen-bond acceptors (Lipinski definition) is 4. The summed E-state index contributed by atoms with van der Waals surface area (Å²) < 4.78 is 10.1. The van der Waals surface area contributed by atoms with Crippen LogP contribution in [-0.2, 0) is 17.8 Å². The number of carbonyl (C=O) groups excluding carboxylic acids is 1. The molecule has 2 aromatic rings. The minimum atomic E-state index is -0.302. The summed E-state index contributed by atoms with van der Waals surface area (Å²) in [6, 6.07) is 15.2. The van der Waals surface area contributed by atoms with Crippen molar-refractivity contribution in [3.8, 4) is 5.75 Å². The third kappa shape index (κ3) is 5.81. The molecule has 0 aliphatic heterocycles. The molecule has 2 N–H and O–H groups in total. The number of guanidine groups is 1. The summed E-state index contributed by atoms with van der Waals surface area (Å²) in [5.41, 5.74) is 2.73. The summed E-state index contributed by atoms with van der Waals surface area (Å²) in [5.74, 6) is 1.24. The molecular formula is C20H25N3O3. The number of benzene rings is 2. The van der Waals surface area contributed by atoms with E-state index in [0.29, 0.717) is 31.2 Å². The van der Waals surface area contributed by atoms with Crippen LogP contribution in [0.5, 0.6) is 5.75 Å². The van der Waals surface area contributed by atoms with Gasteiger partial charge in [-0.1, -0.05) is 24.3 Å². The molecule has 0 aliphatic rings. The van der Waals surface area contributed by atoms with Crippen molar-refractivity contribution >= 4 is 11.9 Å². The van der Waals surface area contributed by atoms with Gasteiger partial charge in [0.15, 0.2) is 5.96 Å². The zero-order valence-electron chi connectivity index (χ0n) is 15.4. The molecule has 0 aromatic heterocycles. The van der Waals surface area contributed by atoms with Crippen molar-refractivity contribution in [2.75, 3.05) is 20.8 Å². The molecular weight excluding hydrogens is 330 g/mol. The van der Waals surface area contributed by atoms with E-state index < -0.39 is 0 Å². The Kier molecular flexibility index (Phi) is 7.49. The second-order valence-corrected chi connectivity index (χ2v) is 5.54. The number of hydrogen-bond donors (Lipinski definition) is 2. The number of ether oxygens (including phenoxy) is 2. The predicted molar refractivity (Wildman–Crippen MR) is 102 cm³/mol. The zero-order valence-corrected chi connectivity index (χ0v) is 15.4. The first-order chi connectivity index (χ1) is 12.7. The number of nitrogens with one attached hydrogen (secondary N) is 2. The molecule has 0 aliphatic carbocycles. The molecule has 0 amide bonds. The maximum Gasteiger partial charge on any atom is 0.338 e. The molecule has 2 aromatic carbocycles. The third-order valence-corrected chi connectivity index (χ3v) is 3.77. The maximum absolute atomic E-state index is 11.7. The van der Waals surface area contributed by atoms with Crippen LogP contribution in [-0.4, -0.2) is 32.7 Å². The molecule has 138 valence electrons. The molecule has 0 heterocycles. The Morgan fingerprint density at radius 1 is 0.962 bits per heavy atom. The Bertz CT molecular complexity index is 725. The van der Waals surface area contributed by atoms with Gasteiger partial charge in [-0.05, 0) is 42.3 Å². The number of nitrogens with zero attached hydrogens (tertiary/aromatic N) is 1. The molecule has 0 spiro atoms. The lowest BCUT2D eigenvalue weighted by Gasteiger charge is -2.12. The van der Waals surface area contributed by atoms with Crippen LogP contribution in [0.25, 0.3) is 0 Å². The third-order valence-electron chi connectivity index (χ3n) is 3.77. The number of rotatable bonds is 7. The van der Waals surface area contributed by atoms with Gasteiger partial charge in [0.2, 0.25) is 0 Å². The van der Waals surface area contributed by atoms with Gasteiger partial charge < -0.3 is 20.1 Å². The minimum Gasteiger partial charge on any atom is -0.497 e. The monoisotopic (exact) mass is 355 g/mol. The van der Waals surface area contributed by atoms with Crippen molar-refractivity contribution in [1.29, 1.82) is 0 Å². The van der Waals surface area contributed by atoms with E-state index in [-0.39, 0.29) is 5.97 Å². The maximum atomic E-state index is 11.7. The number of esters is 1. The highest BCUT2D eigenvalue weighted by Crippen LogP contribution is 2.11. The number of aliphatic imine (C=N–C) groups is 1. The first kappa shape index (κ1) is 19.3. The predicted octanol–water partition coefficient (Wildman–Crippen LogP) is 2.74. The van der Waals surface area contributed by atoms with Crippen LogP contribution in [0.15, 0.2) is 53.5 Å². The van der Waals surface area contributed by atoms with E-state index in [9.17, 15) is 4.79 Å². The van der Waals surface area contributed by atoms with Gasteiger partial charge in [0, 0.05) is 20.1 Å². The van der Waals surface area contributed by atoms with Crippen LogP contribution < -0.4 is 15.4 Å². The summed E-state index contributed by atoms with van der Waals surface area (Å²) >= 11 is 0. The van der Waals surface area contributed by atoms with Crippen LogP contribution >= 0.6 is 0 Å². The Morgan fingerprint density at radius 2 is 1.50 bits per heavy atom. The Hall–Kier alpha value is -3.02. The van der Waals surface area contributed by atoms with Gasteiger partial charge in [-0.3, -0.25) is 4.99 Å². The van der Waals surface area contributed by atoms with Crippen LogP contribution in [0.4, 0.5) is 0 Å². The van der Waals surface area contributed by atoms with E-state index in [0.717, 1.165) is 16.9 Å². The lowest BCUT2D eigenvalue weighted by molar-refractivity contribution is 0.0526. The molecule has 6 heteroatoms. The van der Waals surface area contributed by atoms with Gasteiger partial charge in [0.25, 0.3) is 0 Å². The van der Waals surface area contributed by atoms with E-state index in [2.05, 4.69) is 15.6 Å². The average molecular weight is 355 g/mol. The molecule has 0 saturated carbocycles. The minimum absolute atomic E-state index is 0.302. The van der Waals surface area contributed by atoms with Crippen molar-refractivity contribution in [1.82, 2.24) is 10.6 Å². The SMILES string of the molecule is CCOC(=O)c1ccc(CNC(=NC)NCc2ccc(OC)cc2)cc1. The van der Waals surface area contributed by atoms with Crippen LogP contribution in [0.2, 0.25) is 0 Å². The molecule has 6 nitrogen and oxygen atoms in total. The van der Waals surface area contributed by atoms with E-state index >= 15 is 0 Å². The summed E-state index contributed by atoms with van der Waals surface area (Å²) in [6.07, 6.45) is 0. The van der Waals surface area contributed by atoms with E-state index in [1.807, 2.05) is 36.4 Å². The number of carbonyl (C=O) groups is 1. The standard InChI is InChI=1S/C20H25N3O3/c1-4-26-19(24)17-9-5-15(6-10-17)13-22-20(21-2)23-14-16-7-11-18(25-3)12-8-16/h5-12H,4,13-14H2,1-3H3,(H2,21,22,23). The molecule has 0 bridgehead atoms. The molecule has 0 fully saturated rings. The van der Waals surface area contributed by atoms with Crippen molar-refractivity contribution in [2.45, 2.75) is 20.0 Å². The first-order valence-corrected chi connectivity index (χ1v) is 8.49. The second kappa shape index (κ2) is 10.1. The summed E-state index contributed by atoms with van der Waals surface area (Å²) in [4.78, 5) is 15.9. The van der Waals surface area contributed by atoms with Gasteiger partial charge in [-0.2, -0.15) is 0 Å². The summed E-state index contributed by atoms with van der Waals surface area (Å²) in [7, 11) is 3.38. The van der Waals surface area contributed by atoms with Gasteiger partial charge >= 0.3 is 5.97 Å². The highest BCUT2D eigenvalue weighted by molar-refractivity contribution is 5.89. The smallest absolute Gasteiger partial charge is 0.338 e. The molecule has 0 saturated heterocycles. The fourth-order valence-corrected chi connectivity index (χ4v) is 2.31. The molecule has 0 atom stereocenters. The largest absolute Gasteiger partial charge is 0.497 e.